The summed E-state index contributed by atoms with van der Waals surface area (Å²) in [6.45, 7) is 7.22. The maximum absolute atomic E-state index is 12.8. The second kappa shape index (κ2) is 56.6. The quantitative estimate of drug-likeness (QED) is 0.0346. The number of hydrogen-bond donors (Lipinski definition) is 0. The molecule has 1 atom stereocenters. The van der Waals surface area contributed by atoms with Crippen molar-refractivity contribution in [1.82, 2.24) is 0 Å². The number of unbranched alkanes of at least 4 members (excludes halogenated alkanes) is 7. The van der Waals surface area contributed by atoms with Gasteiger partial charge in [0.25, 0.3) is 0 Å². The molecule has 0 saturated heterocycles. The molecule has 5 heteroatoms. The summed E-state index contributed by atoms with van der Waals surface area (Å²) in [6.07, 6.45) is 85.3. The Hall–Kier alpha value is -4.74. The first-order chi connectivity index (χ1) is 33.6. The highest BCUT2D eigenvalue weighted by Crippen LogP contribution is 2.11. The summed E-state index contributed by atoms with van der Waals surface area (Å²) in [6, 6.07) is 0. The fraction of sp³-hybridized carbons (Fsp3) is 0.524. The van der Waals surface area contributed by atoms with E-state index in [2.05, 4.69) is 185 Å². The molecule has 0 aromatic rings. The predicted molar refractivity (Wildman–Crippen MR) is 297 cm³/mol. The van der Waals surface area contributed by atoms with Gasteiger partial charge in [0.05, 0.1) is 6.61 Å². The Balaban J connectivity index is 4.53. The molecule has 0 aromatic carbocycles. The van der Waals surface area contributed by atoms with E-state index in [4.69, 9.17) is 14.2 Å². The smallest absolute Gasteiger partial charge is 0.306 e. The minimum Gasteiger partial charge on any atom is -0.462 e. The molecule has 0 saturated carbocycles. The summed E-state index contributed by atoms with van der Waals surface area (Å²) in [4.78, 5) is 25.4. The van der Waals surface area contributed by atoms with Crippen LogP contribution in [0.15, 0.2) is 170 Å². The van der Waals surface area contributed by atoms with Crippen molar-refractivity contribution in [2.75, 3.05) is 19.8 Å². The van der Waals surface area contributed by atoms with E-state index in [1.165, 1.54) is 19.3 Å². The highest BCUT2D eigenvalue weighted by Gasteiger charge is 2.17. The molecule has 0 amide bonds. The van der Waals surface area contributed by atoms with E-state index in [1.807, 2.05) is 6.08 Å². The lowest BCUT2D eigenvalue weighted by molar-refractivity contribution is -0.162. The minimum atomic E-state index is -0.618. The maximum Gasteiger partial charge on any atom is 0.306 e. The number of esters is 2. The SMILES string of the molecule is CC/C=C\C/C=C\C/C=C\C/C=C\C/C=C\C/C=C\CCC(=O)OCC(COCCC/C=C\C/C=C\C/C=C\C/C=C\CC)OC(=O)CCCCCCCC/C=C\C/C=C\C/C=C\C/C=C\CC. The Labute approximate surface area is 417 Å². The van der Waals surface area contributed by atoms with Crippen LogP contribution in [0, 0.1) is 0 Å². The molecule has 1 unspecified atom stereocenters. The first-order valence-electron chi connectivity index (χ1n) is 26.7. The van der Waals surface area contributed by atoms with Gasteiger partial charge in [-0.05, 0) is 128 Å². The van der Waals surface area contributed by atoms with Crippen LogP contribution >= 0.6 is 0 Å². The lowest BCUT2D eigenvalue weighted by Crippen LogP contribution is -2.30. The first kappa shape index (κ1) is 63.3. The summed E-state index contributed by atoms with van der Waals surface area (Å²) in [7, 11) is 0. The van der Waals surface area contributed by atoms with Gasteiger partial charge >= 0.3 is 11.9 Å². The average molecular weight is 933 g/mol. The number of allylic oxidation sites excluding steroid dienone is 28. The second-order valence-corrected chi connectivity index (χ2v) is 16.6. The molecule has 0 aliphatic heterocycles. The molecule has 378 valence electrons. The van der Waals surface area contributed by atoms with E-state index in [-0.39, 0.29) is 31.6 Å². The van der Waals surface area contributed by atoms with Crippen LogP contribution in [0.5, 0.6) is 0 Å². The molecule has 0 bridgehead atoms. The number of ether oxygens (including phenoxy) is 3. The van der Waals surface area contributed by atoms with Crippen LogP contribution in [0.2, 0.25) is 0 Å². The number of carbonyl (C=O) groups excluding carboxylic acids is 2. The molecule has 0 spiro atoms. The molecule has 0 radical (unpaired) electrons. The number of rotatable bonds is 46. The van der Waals surface area contributed by atoms with Crippen molar-refractivity contribution in [3.05, 3.63) is 170 Å². The number of carbonyl (C=O) groups is 2. The highest BCUT2D eigenvalue weighted by atomic mass is 16.6. The largest absolute Gasteiger partial charge is 0.462 e. The fourth-order valence-electron chi connectivity index (χ4n) is 6.41. The second-order valence-electron chi connectivity index (χ2n) is 16.6. The zero-order valence-corrected chi connectivity index (χ0v) is 43.3. The lowest BCUT2D eigenvalue weighted by Gasteiger charge is -2.18. The third-order valence-electron chi connectivity index (χ3n) is 10.2. The third-order valence-corrected chi connectivity index (χ3v) is 10.2. The molecule has 0 fully saturated rings. The molecule has 0 aromatic heterocycles. The van der Waals surface area contributed by atoms with E-state index in [9.17, 15) is 9.59 Å². The van der Waals surface area contributed by atoms with Crippen molar-refractivity contribution in [2.45, 2.75) is 194 Å². The van der Waals surface area contributed by atoms with Crippen molar-refractivity contribution in [2.24, 2.45) is 0 Å². The van der Waals surface area contributed by atoms with Crippen LogP contribution in [0.3, 0.4) is 0 Å². The van der Waals surface area contributed by atoms with Gasteiger partial charge < -0.3 is 14.2 Å². The van der Waals surface area contributed by atoms with Crippen LogP contribution in [0.4, 0.5) is 0 Å². The predicted octanol–water partition coefficient (Wildman–Crippen LogP) is 18.4. The van der Waals surface area contributed by atoms with Crippen molar-refractivity contribution in [1.29, 1.82) is 0 Å². The minimum absolute atomic E-state index is 0.00443. The normalized spacial score (nSPS) is 13.6. The zero-order valence-electron chi connectivity index (χ0n) is 43.3. The van der Waals surface area contributed by atoms with Crippen molar-refractivity contribution >= 4 is 11.9 Å². The van der Waals surface area contributed by atoms with E-state index in [1.54, 1.807) is 0 Å². The Morgan fingerprint density at radius 3 is 1.04 bits per heavy atom. The van der Waals surface area contributed by atoms with Crippen LogP contribution in [0.25, 0.3) is 0 Å². The molecule has 68 heavy (non-hydrogen) atoms. The Bertz CT molecular complexity index is 1570. The van der Waals surface area contributed by atoms with E-state index >= 15 is 0 Å². The van der Waals surface area contributed by atoms with Gasteiger partial charge in [-0.15, -0.1) is 0 Å². The monoisotopic (exact) mass is 933 g/mol. The summed E-state index contributed by atoms with van der Waals surface area (Å²) >= 11 is 0. The van der Waals surface area contributed by atoms with Gasteiger partial charge in [0, 0.05) is 19.4 Å². The standard InChI is InChI=1S/C63H96O5/c1-4-7-10-13-16-19-22-25-28-30-32-34-36-38-41-44-47-50-53-56-62(64)67-60-61(59-66-58-55-52-49-46-43-40-27-24-21-18-15-12-9-6-3)68-63(65)57-54-51-48-45-42-39-37-35-33-31-29-26-23-20-17-14-11-8-5-2/h7-12,16-21,25-29,32-35,38,40-41,46-47,49-50,61H,4-6,13-15,22-24,30-31,36-37,39,42-45,48,51-60H2,1-3H3/b10-7-,11-8-,12-9-,19-16-,20-17-,21-18-,28-25-,29-26-,34-32-,35-33-,40-27-,41-38-,49-46-,50-47-. The van der Waals surface area contributed by atoms with Crippen LogP contribution in [0.1, 0.15) is 188 Å². The van der Waals surface area contributed by atoms with Gasteiger partial charge in [-0.25, -0.2) is 0 Å². The maximum atomic E-state index is 12.8. The lowest BCUT2D eigenvalue weighted by atomic mass is 10.1. The van der Waals surface area contributed by atoms with E-state index < -0.39 is 6.10 Å². The molecule has 0 N–H and O–H groups in total. The fourth-order valence-corrected chi connectivity index (χ4v) is 6.41. The van der Waals surface area contributed by atoms with Gasteiger partial charge in [-0.3, -0.25) is 9.59 Å². The van der Waals surface area contributed by atoms with Crippen molar-refractivity contribution in [3.8, 4) is 0 Å². The summed E-state index contributed by atoms with van der Waals surface area (Å²) in [5, 5.41) is 0. The van der Waals surface area contributed by atoms with Crippen LogP contribution < -0.4 is 0 Å². The number of hydrogen-bond acceptors (Lipinski definition) is 5. The Morgan fingerprint density at radius 1 is 0.324 bits per heavy atom. The summed E-state index contributed by atoms with van der Waals surface area (Å²) in [5.74, 6) is -0.557. The van der Waals surface area contributed by atoms with Gasteiger partial charge in [-0.1, -0.05) is 217 Å². The molecule has 5 nitrogen and oxygen atoms in total. The Kier molecular flexibility index (Phi) is 52.6. The first-order valence-corrected chi connectivity index (χ1v) is 26.7. The molecule has 0 rings (SSSR count). The molecular weight excluding hydrogens is 837 g/mol. The van der Waals surface area contributed by atoms with E-state index in [0.29, 0.717) is 19.4 Å². The zero-order chi connectivity index (χ0) is 49.2. The van der Waals surface area contributed by atoms with Crippen LogP contribution in [-0.2, 0) is 23.8 Å². The average Bonchev–Trinajstić information content (AvgIpc) is 3.34. The van der Waals surface area contributed by atoms with Gasteiger partial charge in [0.1, 0.15) is 6.61 Å². The summed E-state index contributed by atoms with van der Waals surface area (Å²) < 4.78 is 17.3. The summed E-state index contributed by atoms with van der Waals surface area (Å²) in [5.41, 5.74) is 0. The highest BCUT2D eigenvalue weighted by molar-refractivity contribution is 5.70. The van der Waals surface area contributed by atoms with Crippen LogP contribution in [-0.4, -0.2) is 37.9 Å². The Morgan fingerprint density at radius 2 is 0.647 bits per heavy atom. The molecule has 0 aliphatic rings. The van der Waals surface area contributed by atoms with Crippen molar-refractivity contribution in [3.63, 3.8) is 0 Å². The van der Waals surface area contributed by atoms with Gasteiger partial charge in [0.15, 0.2) is 6.10 Å². The van der Waals surface area contributed by atoms with E-state index in [0.717, 1.165) is 128 Å². The van der Waals surface area contributed by atoms with Gasteiger partial charge in [0.2, 0.25) is 0 Å². The molecule has 0 heterocycles. The van der Waals surface area contributed by atoms with Crippen molar-refractivity contribution < 1.29 is 23.8 Å². The molecular formula is C63H96O5. The van der Waals surface area contributed by atoms with Gasteiger partial charge in [-0.2, -0.15) is 0 Å². The third kappa shape index (κ3) is 53.9. The topological polar surface area (TPSA) is 61.8 Å². The molecule has 0 aliphatic carbocycles.